The first-order valence-corrected chi connectivity index (χ1v) is 7.41. The third-order valence-electron chi connectivity index (χ3n) is 3.12. The molecule has 0 aliphatic carbocycles. The van der Waals surface area contributed by atoms with Gasteiger partial charge in [0, 0.05) is 30.3 Å². The van der Waals surface area contributed by atoms with E-state index in [1.54, 1.807) is 0 Å². The molecule has 0 aromatic heterocycles. The van der Waals surface area contributed by atoms with Gasteiger partial charge < -0.3 is 19.9 Å². The lowest BCUT2D eigenvalue weighted by atomic mass is 10.1. The van der Waals surface area contributed by atoms with E-state index in [9.17, 15) is 5.11 Å². The highest BCUT2D eigenvalue weighted by Crippen LogP contribution is 2.16. The van der Waals surface area contributed by atoms with Crippen LogP contribution in [0.2, 0.25) is 0 Å². The highest BCUT2D eigenvalue weighted by molar-refractivity contribution is 9.10. The minimum Gasteiger partial charge on any atom is -0.491 e. The van der Waals surface area contributed by atoms with Gasteiger partial charge in [0.05, 0.1) is 0 Å². The topological polar surface area (TPSA) is 50.7 Å². The van der Waals surface area contributed by atoms with Crippen LogP contribution in [0.4, 0.5) is 0 Å². The molecule has 2 N–H and O–H groups in total. The normalized spacial score (nSPS) is 17.3. The Labute approximate surface area is 134 Å². The van der Waals surface area contributed by atoms with E-state index in [1.807, 2.05) is 24.3 Å². The Morgan fingerprint density at radius 1 is 1.30 bits per heavy atom. The van der Waals surface area contributed by atoms with E-state index in [0.29, 0.717) is 19.2 Å². The van der Waals surface area contributed by atoms with Gasteiger partial charge in [-0.2, -0.15) is 0 Å². The van der Waals surface area contributed by atoms with Gasteiger partial charge in [-0.3, -0.25) is 0 Å². The summed E-state index contributed by atoms with van der Waals surface area (Å²) in [6, 6.07) is 8.05. The Kier molecular flexibility index (Phi) is 8.49. The maximum atomic E-state index is 9.87. The van der Waals surface area contributed by atoms with Crippen molar-refractivity contribution in [2.45, 2.75) is 25.0 Å². The molecular formula is C14H21BrClNO3. The number of halogens is 2. The first kappa shape index (κ1) is 17.7. The van der Waals surface area contributed by atoms with E-state index in [-0.39, 0.29) is 12.4 Å². The SMILES string of the molecule is Cl.OC(CNC1CCOCC1)COc1ccc(Br)cc1. The van der Waals surface area contributed by atoms with Crippen LogP contribution in [0.5, 0.6) is 5.75 Å². The van der Waals surface area contributed by atoms with Crippen molar-refractivity contribution >= 4 is 28.3 Å². The van der Waals surface area contributed by atoms with E-state index in [2.05, 4.69) is 21.2 Å². The summed E-state index contributed by atoms with van der Waals surface area (Å²) in [5, 5.41) is 13.2. The second kappa shape index (κ2) is 9.58. The zero-order valence-corrected chi connectivity index (χ0v) is 13.7. The molecule has 1 fully saturated rings. The van der Waals surface area contributed by atoms with E-state index in [4.69, 9.17) is 9.47 Å². The molecule has 114 valence electrons. The van der Waals surface area contributed by atoms with Crippen LogP contribution in [-0.4, -0.2) is 43.6 Å². The quantitative estimate of drug-likeness (QED) is 0.811. The molecule has 1 unspecified atom stereocenters. The van der Waals surface area contributed by atoms with Gasteiger partial charge in [0.25, 0.3) is 0 Å². The van der Waals surface area contributed by atoms with Crippen molar-refractivity contribution in [3.8, 4) is 5.75 Å². The van der Waals surface area contributed by atoms with Crippen molar-refractivity contribution in [3.63, 3.8) is 0 Å². The molecule has 0 amide bonds. The number of benzene rings is 1. The standard InChI is InChI=1S/C14H20BrNO3.ClH/c15-11-1-3-14(4-2-11)19-10-13(17)9-16-12-5-7-18-8-6-12;/h1-4,12-13,16-17H,5-10H2;1H. The predicted molar refractivity (Wildman–Crippen MR) is 84.7 cm³/mol. The van der Waals surface area contributed by atoms with Crippen molar-refractivity contribution in [1.82, 2.24) is 5.32 Å². The van der Waals surface area contributed by atoms with Crippen molar-refractivity contribution in [2.24, 2.45) is 0 Å². The van der Waals surface area contributed by atoms with Gasteiger partial charge in [-0.15, -0.1) is 12.4 Å². The smallest absolute Gasteiger partial charge is 0.119 e. The third kappa shape index (κ3) is 6.41. The summed E-state index contributed by atoms with van der Waals surface area (Å²) < 4.78 is 11.8. The molecule has 0 bridgehead atoms. The zero-order chi connectivity index (χ0) is 13.5. The Morgan fingerprint density at radius 2 is 1.95 bits per heavy atom. The zero-order valence-electron chi connectivity index (χ0n) is 11.3. The van der Waals surface area contributed by atoms with Gasteiger partial charge in [0.15, 0.2) is 0 Å². The third-order valence-corrected chi connectivity index (χ3v) is 3.65. The summed E-state index contributed by atoms with van der Waals surface area (Å²) in [5.41, 5.74) is 0. The fraction of sp³-hybridized carbons (Fsp3) is 0.571. The van der Waals surface area contributed by atoms with E-state index in [1.165, 1.54) is 0 Å². The summed E-state index contributed by atoms with van der Waals surface area (Å²) in [4.78, 5) is 0. The molecule has 0 radical (unpaired) electrons. The first-order valence-electron chi connectivity index (χ1n) is 6.61. The minimum absolute atomic E-state index is 0. The number of aliphatic hydroxyl groups is 1. The number of nitrogens with one attached hydrogen (secondary N) is 1. The van der Waals surface area contributed by atoms with Gasteiger partial charge in [0.2, 0.25) is 0 Å². The molecule has 1 atom stereocenters. The van der Waals surface area contributed by atoms with Crippen molar-refractivity contribution < 1.29 is 14.6 Å². The molecule has 4 nitrogen and oxygen atoms in total. The molecule has 6 heteroatoms. The lowest BCUT2D eigenvalue weighted by Gasteiger charge is -2.24. The number of ether oxygens (including phenoxy) is 2. The average Bonchev–Trinajstić information content (AvgIpc) is 2.45. The summed E-state index contributed by atoms with van der Waals surface area (Å²) in [5.74, 6) is 0.772. The van der Waals surface area contributed by atoms with Crippen LogP contribution in [0, 0.1) is 0 Å². The maximum Gasteiger partial charge on any atom is 0.119 e. The van der Waals surface area contributed by atoms with Crippen molar-refractivity contribution in [1.29, 1.82) is 0 Å². The Morgan fingerprint density at radius 3 is 2.60 bits per heavy atom. The van der Waals surface area contributed by atoms with Crippen LogP contribution in [-0.2, 0) is 4.74 Å². The molecule has 1 saturated heterocycles. The number of hydrogen-bond donors (Lipinski definition) is 2. The molecule has 1 aliphatic rings. The highest BCUT2D eigenvalue weighted by Gasteiger charge is 2.14. The van der Waals surface area contributed by atoms with Crippen LogP contribution >= 0.6 is 28.3 Å². The molecule has 2 rings (SSSR count). The monoisotopic (exact) mass is 365 g/mol. The van der Waals surface area contributed by atoms with Crippen LogP contribution in [0.15, 0.2) is 28.7 Å². The predicted octanol–water partition coefficient (Wildman–Crippen LogP) is 2.38. The second-order valence-corrected chi connectivity index (χ2v) is 5.63. The molecular weight excluding hydrogens is 346 g/mol. The van der Waals surface area contributed by atoms with Gasteiger partial charge in [-0.05, 0) is 37.1 Å². The van der Waals surface area contributed by atoms with E-state index in [0.717, 1.165) is 36.3 Å². The summed E-state index contributed by atoms with van der Waals surface area (Å²) in [7, 11) is 0. The molecule has 1 aliphatic heterocycles. The largest absolute Gasteiger partial charge is 0.491 e. The van der Waals surface area contributed by atoms with E-state index < -0.39 is 6.10 Å². The Balaban J connectivity index is 0.00000200. The Hall–Kier alpha value is -0.330. The fourth-order valence-corrected chi connectivity index (χ4v) is 2.25. The summed E-state index contributed by atoms with van der Waals surface area (Å²) in [6.45, 7) is 2.48. The molecule has 0 saturated carbocycles. The number of rotatable bonds is 6. The van der Waals surface area contributed by atoms with Crippen molar-refractivity contribution in [2.75, 3.05) is 26.4 Å². The van der Waals surface area contributed by atoms with Crippen LogP contribution < -0.4 is 10.1 Å². The van der Waals surface area contributed by atoms with Crippen LogP contribution in [0.25, 0.3) is 0 Å². The number of hydrogen-bond acceptors (Lipinski definition) is 4. The average molecular weight is 367 g/mol. The molecule has 1 heterocycles. The summed E-state index contributed by atoms with van der Waals surface area (Å²) in [6.07, 6.45) is 1.53. The lowest BCUT2D eigenvalue weighted by molar-refractivity contribution is 0.0655. The fourth-order valence-electron chi connectivity index (χ4n) is 1.99. The minimum atomic E-state index is -0.494. The molecule has 0 spiro atoms. The van der Waals surface area contributed by atoms with Crippen molar-refractivity contribution in [3.05, 3.63) is 28.7 Å². The molecule has 1 aromatic rings. The lowest BCUT2D eigenvalue weighted by Crippen LogP contribution is -2.40. The molecule has 20 heavy (non-hydrogen) atoms. The van der Waals surface area contributed by atoms with Gasteiger partial charge in [0.1, 0.15) is 18.5 Å². The summed E-state index contributed by atoms with van der Waals surface area (Å²) >= 11 is 3.37. The first-order chi connectivity index (χ1) is 9.24. The van der Waals surface area contributed by atoms with Gasteiger partial charge in [-0.1, -0.05) is 15.9 Å². The molecule has 1 aromatic carbocycles. The van der Waals surface area contributed by atoms with Gasteiger partial charge in [-0.25, -0.2) is 0 Å². The van der Waals surface area contributed by atoms with Crippen LogP contribution in [0.3, 0.4) is 0 Å². The Bertz CT molecular complexity index is 371. The maximum absolute atomic E-state index is 9.87. The van der Waals surface area contributed by atoms with Crippen LogP contribution in [0.1, 0.15) is 12.8 Å². The second-order valence-electron chi connectivity index (χ2n) is 4.71. The highest BCUT2D eigenvalue weighted by atomic mass is 79.9. The van der Waals surface area contributed by atoms with Gasteiger partial charge >= 0.3 is 0 Å². The number of aliphatic hydroxyl groups excluding tert-OH is 1. The van der Waals surface area contributed by atoms with E-state index >= 15 is 0 Å².